The van der Waals surface area contributed by atoms with Gasteiger partial charge in [0, 0.05) is 7.11 Å². The van der Waals surface area contributed by atoms with Gasteiger partial charge in [0.05, 0.1) is 37.0 Å². The number of nitrogens with one attached hydrogen (secondary N) is 2. The van der Waals surface area contributed by atoms with E-state index in [0.717, 1.165) is 0 Å². The van der Waals surface area contributed by atoms with Crippen molar-refractivity contribution in [3.05, 3.63) is 29.3 Å². The molecule has 14 heteroatoms. The number of rotatable bonds is 7. The van der Waals surface area contributed by atoms with Gasteiger partial charge in [0.2, 0.25) is 17.7 Å². The minimum Gasteiger partial charge on any atom is -0.481 e. The first-order chi connectivity index (χ1) is 15.0. The highest BCUT2D eigenvalue weighted by molar-refractivity contribution is 7.94. The second-order valence-electron chi connectivity index (χ2n) is 6.87. The van der Waals surface area contributed by atoms with Crippen molar-refractivity contribution in [1.82, 2.24) is 14.7 Å². The fourth-order valence-corrected chi connectivity index (χ4v) is 6.90. The summed E-state index contributed by atoms with van der Waals surface area (Å²) in [5.74, 6) is -0.151. The number of hydrogen-bond acceptors (Lipinski definition) is 10. The second-order valence-corrected chi connectivity index (χ2v) is 10.8. The average molecular weight is 487 g/mol. The molecule has 1 aromatic heterocycles. The van der Waals surface area contributed by atoms with E-state index < -0.39 is 36.0 Å². The van der Waals surface area contributed by atoms with E-state index in [9.17, 15) is 21.6 Å². The van der Waals surface area contributed by atoms with Crippen molar-refractivity contribution in [2.45, 2.75) is 35.0 Å². The lowest BCUT2D eigenvalue weighted by molar-refractivity contribution is 0.182. The first-order valence-electron chi connectivity index (χ1n) is 9.22. The topological polar surface area (TPSA) is 163 Å². The molecular formula is C18H22N4O8S2. The van der Waals surface area contributed by atoms with Crippen molar-refractivity contribution in [3.63, 3.8) is 0 Å². The number of sulfone groups is 1. The van der Waals surface area contributed by atoms with Gasteiger partial charge in [0.1, 0.15) is 4.90 Å². The maximum atomic E-state index is 13.1. The molecular weight excluding hydrogens is 464 g/mol. The van der Waals surface area contributed by atoms with E-state index in [4.69, 9.17) is 14.2 Å². The van der Waals surface area contributed by atoms with Crippen molar-refractivity contribution in [2.75, 3.05) is 26.6 Å². The van der Waals surface area contributed by atoms with Crippen molar-refractivity contribution in [1.29, 1.82) is 0 Å². The summed E-state index contributed by atoms with van der Waals surface area (Å²) >= 11 is 0. The van der Waals surface area contributed by atoms with Crippen LogP contribution >= 0.6 is 0 Å². The molecule has 0 fully saturated rings. The molecule has 32 heavy (non-hydrogen) atoms. The van der Waals surface area contributed by atoms with Crippen molar-refractivity contribution in [2.24, 2.45) is 0 Å². The lowest BCUT2D eigenvalue weighted by Crippen LogP contribution is -2.36. The van der Waals surface area contributed by atoms with Gasteiger partial charge in [0.15, 0.2) is 9.84 Å². The van der Waals surface area contributed by atoms with Gasteiger partial charge in [0.25, 0.3) is 10.0 Å². The molecule has 1 aromatic carbocycles. The van der Waals surface area contributed by atoms with E-state index in [2.05, 4.69) is 15.3 Å². The Kier molecular flexibility index (Phi) is 6.57. The lowest BCUT2D eigenvalue weighted by atomic mass is 10.1. The molecule has 2 N–H and O–H groups in total. The highest BCUT2D eigenvalue weighted by atomic mass is 32.2. The SMILES string of the molecule is COCc1ccc2c(c1S(=O)(=O)NC(=O)Nc1nc(OC)cc(OC)n1)S(=O)(=O)C(C)C2. The summed E-state index contributed by atoms with van der Waals surface area (Å²) in [7, 11) is -4.52. The molecule has 2 heterocycles. The van der Waals surface area contributed by atoms with Crippen molar-refractivity contribution in [3.8, 4) is 11.8 Å². The quantitative estimate of drug-likeness (QED) is 0.574. The number of amides is 2. The molecule has 1 unspecified atom stereocenters. The minimum absolute atomic E-state index is 0.0679. The Morgan fingerprint density at radius 2 is 1.78 bits per heavy atom. The Bertz CT molecular complexity index is 1240. The summed E-state index contributed by atoms with van der Waals surface area (Å²) in [6.07, 6.45) is 0.164. The number of nitrogens with zero attached hydrogens (tertiary/aromatic N) is 2. The molecule has 12 nitrogen and oxygen atoms in total. The van der Waals surface area contributed by atoms with Gasteiger partial charge in [-0.3, -0.25) is 5.32 Å². The molecule has 0 radical (unpaired) electrons. The number of aromatic nitrogens is 2. The first kappa shape index (κ1) is 23.7. The van der Waals surface area contributed by atoms with Crippen molar-refractivity contribution >= 4 is 31.8 Å². The predicted molar refractivity (Wildman–Crippen MR) is 112 cm³/mol. The van der Waals surface area contributed by atoms with Crippen LogP contribution in [0, 0.1) is 0 Å². The number of carbonyl (C=O) groups is 1. The summed E-state index contributed by atoms with van der Waals surface area (Å²) in [5.41, 5.74) is 0.461. The third-order valence-electron chi connectivity index (χ3n) is 4.72. The number of sulfonamides is 1. The van der Waals surface area contributed by atoms with Crippen LogP contribution in [0.3, 0.4) is 0 Å². The molecule has 1 aliphatic heterocycles. The fourth-order valence-electron chi connectivity index (χ4n) is 3.27. The largest absolute Gasteiger partial charge is 0.481 e. The molecule has 1 atom stereocenters. The van der Waals surface area contributed by atoms with E-state index in [1.807, 2.05) is 4.72 Å². The smallest absolute Gasteiger partial charge is 0.335 e. The summed E-state index contributed by atoms with van der Waals surface area (Å²) < 4.78 is 68.8. The summed E-state index contributed by atoms with van der Waals surface area (Å²) in [6, 6.07) is 3.18. The highest BCUT2D eigenvalue weighted by Gasteiger charge is 2.41. The number of carbonyl (C=O) groups excluding carboxylic acids is 1. The van der Waals surface area contributed by atoms with Crippen LogP contribution in [0.4, 0.5) is 10.7 Å². The number of ether oxygens (including phenoxy) is 3. The van der Waals surface area contributed by atoms with Gasteiger partial charge in [-0.1, -0.05) is 12.1 Å². The summed E-state index contributed by atoms with van der Waals surface area (Å²) in [5, 5.41) is 1.38. The van der Waals surface area contributed by atoms with Crippen LogP contribution < -0.4 is 19.5 Å². The van der Waals surface area contributed by atoms with E-state index in [-0.39, 0.29) is 41.2 Å². The number of fused-ring (bicyclic) bond motifs is 1. The van der Waals surface area contributed by atoms with Crippen LogP contribution in [-0.2, 0) is 37.6 Å². The van der Waals surface area contributed by atoms with Crippen LogP contribution in [-0.4, -0.2) is 59.4 Å². The van der Waals surface area contributed by atoms with E-state index in [1.54, 1.807) is 6.07 Å². The van der Waals surface area contributed by atoms with E-state index in [0.29, 0.717) is 5.56 Å². The zero-order valence-electron chi connectivity index (χ0n) is 17.7. The Balaban J connectivity index is 1.99. The van der Waals surface area contributed by atoms with Crippen molar-refractivity contribution < 1.29 is 35.8 Å². The molecule has 0 saturated carbocycles. The number of benzene rings is 1. The van der Waals surface area contributed by atoms with Gasteiger partial charge >= 0.3 is 6.03 Å². The van der Waals surface area contributed by atoms with Crippen LogP contribution in [0.25, 0.3) is 0 Å². The molecule has 0 spiro atoms. The maximum Gasteiger partial charge on any atom is 0.335 e. The fraction of sp³-hybridized carbons (Fsp3) is 0.389. The Morgan fingerprint density at radius 1 is 1.16 bits per heavy atom. The van der Waals surface area contributed by atoms with Gasteiger partial charge < -0.3 is 14.2 Å². The zero-order valence-corrected chi connectivity index (χ0v) is 19.3. The normalized spacial score (nSPS) is 16.8. The summed E-state index contributed by atoms with van der Waals surface area (Å²) in [4.78, 5) is 19.4. The molecule has 3 rings (SSSR count). The number of urea groups is 1. The van der Waals surface area contributed by atoms with E-state index in [1.165, 1.54) is 40.4 Å². The molecule has 1 aliphatic rings. The molecule has 2 aromatic rings. The average Bonchev–Trinajstić information content (AvgIpc) is 2.95. The van der Waals surface area contributed by atoms with Crippen LogP contribution in [0.15, 0.2) is 28.0 Å². The molecule has 0 bridgehead atoms. The Labute approximate surface area is 185 Å². The number of anilines is 1. The lowest BCUT2D eigenvalue weighted by Gasteiger charge is -2.15. The molecule has 174 valence electrons. The van der Waals surface area contributed by atoms with E-state index >= 15 is 0 Å². The Morgan fingerprint density at radius 3 is 2.34 bits per heavy atom. The van der Waals surface area contributed by atoms with Gasteiger partial charge in [-0.2, -0.15) is 9.97 Å². The zero-order chi connectivity index (χ0) is 23.7. The second kappa shape index (κ2) is 8.88. The highest BCUT2D eigenvalue weighted by Crippen LogP contribution is 2.38. The molecule has 2 amide bonds. The van der Waals surface area contributed by atoms with Gasteiger partial charge in [-0.15, -0.1) is 0 Å². The third kappa shape index (κ3) is 4.47. The minimum atomic E-state index is -4.62. The molecule has 0 saturated heterocycles. The summed E-state index contributed by atoms with van der Waals surface area (Å²) in [6.45, 7) is 1.32. The maximum absolute atomic E-state index is 13.1. The Hall–Kier alpha value is -2.97. The number of hydrogen-bond donors (Lipinski definition) is 2. The number of methoxy groups -OCH3 is 3. The first-order valence-corrected chi connectivity index (χ1v) is 12.2. The predicted octanol–water partition coefficient (Wildman–Crippen LogP) is 0.869. The third-order valence-corrected chi connectivity index (χ3v) is 8.56. The van der Waals surface area contributed by atoms with Crippen LogP contribution in [0.5, 0.6) is 11.8 Å². The van der Waals surface area contributed by atoms with Crippen LogP contribution in [0.2, 0.25) is 0 Å². The van der Waals surface area contributed by atoms with Gasteiger partial charge in [-0.25, -0.2) is 26.4 Å². The van der Waals surface area contributed by atoms with Crippen LogP contribution in [0.1, 0.15) is 18.1 Å². The monoisotopic (exact) mass is 486 g/mol. The van der Waals surface area contributed by atoms with Gasteiger partial charge in [-0.05, 0) is 24.5 Å². The standard InChI is InChI=1S/C18H22N4O8S2/c1-10-7-11-5-6-12(9-28-2)16(15(11)31(10,24)25)32(26,27)22-18(23)21-17-19-13(29-3)8-14(20-17)30-4/h5-6,8,10H,7,9H2,1-4H3,(H2,19,20,21,22,23). The molecule has 0 aliphatic carbocycles.